The van der Waals surface area contributed by atoms with Gasteiger partial charge in [-0.15, -0.1) is 11.6 Å². The van der Waals surface area contributed by atoms with Gasteiger partial charge in [0.2, 0.25) is 0 Å². The molecule has 2 aromatic rings. The second-order valence-electron chi connectivity index (χ2n) is 6.46. The Kier molecular flexibility index (Phi) is 6.94. The Hall–Kier alpha value is -1.94. The molecular weight excluding hydrogens is 336 g/mol. The maximum atomic E-state index is 11.2. The Labute approximate surface area is 154 Å². The number of nitrogens with zero attached hydrogens (tertiary/aromatic N) is 2. The zero-order chi connectivity index (χ0) is 18.3. The van der Waals surface area contributed by atoms with Gasteiger partial charge in [-0.2, -0.15) is 0 Å². The molecule has 0 radical (unpaired) electrons. The van der Waals surface area contributed by atoms with Crippen LogP contribution in [0.2, 0.25) is 0 Å². The number of alkyl halides is 1. The lowest BCUT2D eigenvalue weighted by Gasteiger charge is -2.17. The molecule has 134 valence electrons. The molecule has 0 saturated carbocycles. The number of unbranched alkanes of at least 4 members (excludes halogenated alkanes) is 4. The number of hydrogen-bond donors (Lipinski definition) is 1. The van der Waals surface area contributed by atoms with Gasteiger partial charge in [0.05, 0.1) is 0 Å². The third-order valence-corrected chi connectivity index (χ3v) is 4.74. The molecule has 0 amide bonds. The molecule has 0 aliphatic rings. The van der Waals surface area contributed by atoms with Gasteiger partial charge in [0.1, 0.15) is 0 Å². The Morgan fingerprint density at radius 2 is 1.68 bits per heavy atom. The lowest BCUT2D eigenvalue weighted by atomic mass is 9.99. The average molecular weight is 361 g/mol. The van der Waals surface area contributed by atoms with E-state index in [9.17, 15) is 9.90 Å². The molecule has 1 atom stereocenters. The summed E-state index contributed by atoms with van der Waals surface area (Å²) >= 11 is 6.07. The van der Waals surface area contributed by atoms with Gasteiger partial charge in [0.25, 0.3) is 0 Å². The van der Waals surface area contributed by atoms with Gasteiger partial charge in [-0.25, -0.2) is 14.8 Å². The molecule has 0 spiro atoms. The highest BCUT2D eigenvalue weighted by atomic mass is 35.5. The van der Waals surface area contributed by atoms with E-state index in [-0.39, 0.29) is 0 Å². The van der Waals surface area contributed by atoms with Crippen LogP contribution in [0.25, 0.3) is 11.4 Å². The topological polar surface area (TPSA) is 63.1 Å². The third kappa shape index (κ3) is 5.27. The minimum Gasteiger partial charge on any atom is -0.480 e. The maximum Gasteiger partial charge on any atom is 0.329 e. The van der Waals surface area contributed by atoms with Crippen LogP contribution in [0.15, 0.2) is 36.7 Å². The number of aliphatic carboxylic acids is 1. The molecule has 0 fully saturated rings. The summed E-state index contributed by atoms with van der Waals surface area (Å²) in [6, 6.07) is 7.03. The number of carboxylic acid groups (broad SMARTS) is 1. The number of halogens is 1. The van der Waals surface area contributed by atoms with Gasteiger partial charge >= 0.3 is 5.97 Å². The first-order valence-corrected chi connectivity index (χ1v) is 9.17. The zero-order valence-corrected chi connectivity index (χ0v) is 15.6. The molecule has 5 heteroatoms. The van der Waals surface area contributed by atoms with Crippen LogP contribution in [-0.4, -0.2) is 21.0 Å². The second-order valence-corrected chi connectivity index (χ2v) is 7.22. The molecule has 4 nitrogen and oxygen atoms in total. The van der Waals surface area contributed by atoms with Crippen LogP contribution in [0, 0.1) is 0 Å². The molecule has 2 rings (SSSR count). The highest BCUT2D eigenvalue weighted by Gasteiger charge is 2.32. The largest absolute Gasteiger partial charge is 0.480 e. The number of carbonyl (C=O) groups is 1. The van der Waals surface area contributed by atoms with Gasteiger partial charge in [-0.1, -0.05) is 56.9 Å². The standard InChI is InChI=1S/C20H25ClN2O2/c1-3-4-5-6-7-8-15-13-22-18(23-14-15)16-9-11-17(12-10-16)20(2,21)19(24)25/h9-14H,3-8H2,1-2H3,(H,24,25)/t20-/m1/s1. The molecule has 1 aromatic heterocycles. The molecular formula is C20H25ClN2O2. The highest BCUT2D eigenvalue weighted by molar-refractivity contribution is 6.33. The van der Waals surface area contributed by atoms with Gasteiger partial charge in [-0.05, 0) is 30.9 Å². The number of aromatic nitrogens is 2. The van der Waals surface area contributed by atoms with Crippen molar-refractivity contribution in [2.24, 2.45) is 0 Å². The summed E-state index contributed by atoms with van der Waals surface area (Å²) in [6.07, 6.45) is 11.0. The fourth-order valence-electron chi connectivity index (χ4n) is 2.62. The molecule has 0 aliphatic heterocycles. The summed E-state index contributed by atoms with van der Waals surface area (Å²) in [6.45, 7) is 3.69. The number of rotatable bonds is 9. The van der Waals surface area contributed by atoms with E-state index >= 15 is 0 Å². The van der Waals surface area contributed by atoms with Crippen molar-refractivity contribution in [1.29, 1.82) is 0 Å². The van der Waals surface area contributed by atoms with Crippen molar-refractivity contribution >= 4 is 17.6 Å². The van der Waals surface area contributed by atoms with E-state index in [2.05, 4.69) is 16.9 Å². The number of hydrogen-bond acceptors (Lipinski definition) is 3. The summed E-state index contributed by atoms with van der Waals surface area (Å²) in [5, 5.41) is 9.17. The van der Waals surface area contributed by atoms with Crippen LogP contribution in [0.4, 0.5) is 0 Å². The quantitative estimate of drug-likeness (QED) is 0.493. The molecule has 25 heavy (non-hydrogen) atoms. The molecule has 0 aliphatic carbocycles. The van der Waals surface area contributed by atoms with Gasteiger partial charge < -0.3 is 5.11 Å². The van der Waals surface area contributed by atoms with Crippen LogP contribution in [-0.2, 0) is 16.1 Å². The summed E-state index contributed by atoms with van der Waals surface area (Å²) in [4.78, 5) is 18.6. The van der Waals surface area contributed by atoms with Crippen molar-refractivity contribution in [2.75, 3.05) is 0 Å². The smallest absolute Gasteiger partial charge is 0.329 e. The first kappa shape index (κ1) is 19.4. The average Bonchev–Trinajstić information content (AvgIpc) is 2.62. The molecule has 1 heterocycles. The first-order valence-electron chi connectivity index (χ1n) is 8.79. The Bertz CT molecular complexity index is 682. The fraction of sp³-hybridized carbons (Fsp3) is 0.450. The normalized spacial score (nSPS) is 13.4. The lowest BCUT2D eigenvalue weighted by Crippen LogP contribution is -2.25. The Balaban J connectivity index is 1.99. The molecule has 0 unspecified atom stereocenters. The summed E-state index contributed by atoms with van der Waals surface area (Å²) in [7, 11) is 0. The van der Waals surface area contributed by atoms with Crippen molar-refractivity contribution in [1.82, 2.24) is 9.97 Å². The van der Waals surface area contributed by atoms with E-state index in [4.69, 9.17) is 11.6 Å². The number of aryl methyl sites for hydroxylation is 1. The van der Waals surface area contributed by atoms with Gasteiger partial charge in [0.15, 0.2) is 10.7 Å². The van der Waals surface area contributed by atoms with Crippen molar-refractivity contribution in [3.05, 3.63) is 47.8 Å². The second kappa shape index (κ2) is 8.95. The summed E-state index contributed by atoms with van der Waals surface area (Å²) in [5.74, 6) is -0.436. The monoisotopic (exact) mass is 360 g/mol. The van der Waals surface area contributed by atoms with Crippen LogP contribution < -0.4 is 0 Å². The molecule has 0 bridgehead atoms. The van der Waals surface area contributed by atoms with Crippen LogP contribution in [0.1, 0.15) is 57.1 Å². The predicted octanol–water partition coefficient (Wildman–Crippen LogP) is 5.20. The van der Waals surface area contributed by atoms with E-state index < -0.39 is 10.8 Å². The lowest BCUT2D eigenvalue weighted by molar-refractivity contribution is -0.139. The fourth-order valence-corrected chi connectivity index (χ4v) is 2.75. The van der Waals surface area contributed by atoms with Crippen molar-refractivity contribution in [3.63, 3.8) is 0 Å². The van der Waals surface area contributed by atoms with E-state index in [1.165, 1.54) is 39.0 Å². The van der Waals surface area contributed by atoms with Crippen LogP contribution in [0.5, 0.6) is 0 Å². The van der Waals surface area contributed by atoms with Crippen LogP contribution in [0.3, 0.4) is 0 Å². The summed E-state index contributed by atoms with van der Waals surface area (Å²) < 4.78 is 0. The van der Waals surface area contributed by atoms with Gasteiger partial charge in [-0.3, -0.25) is 0 Å². The van der Waals surface area contributed by atoms with E-state index in [1.54, 1.807) is 24.3 Å². The zero-order valence-electron chi connectivity index (χ0n) is 14.8. The minimum absolute atomic E-state index is 0.536. The van der Waals surface area contributed by atoms with Crippen molar-refractivity contribution < 1.29 is 9.90 Å². The summed E-state index contributed by atoms with van der Waals surface area (Å²) in [5.41, 5.74) is 2.53. The SMILES string of the molecule is CCCCCCCc1cnc(-c2ccc([C@@](C)(Cl)C(=O)O)cc2)nc1. The Morgan fingerprint density at radius 3 is 2.24 bits per heavy atom. The maximum absolute atomic E-state index is 11.2. The molecule has 1 aromatic carbocycles. The molecule has 1 N–H and O–H groups in total. The van der Waals surface area contributed by atoms with Crippen molar-refractivity contribution in [2.45, 2.75) is 57.2 Å². The van der Waals surface area contributed by atoms with E-state index in [1.807, 2.05) is 12.4 Å². The predicted molar refractivity (Wildman–Crippen MR) is 101 cm³/mol. The van der Waals surface area contributed by atoms with Crippen LogP contribution >= 0.6 is 11.6 Å². The van der Waals surface area contributed by atoms with Crippen molar-refractivity contribution in [3.8, 4) is 11.4 Å². The van der Waals surface area contributed by atoms with E-state index in [0.717, 1.165) is 17.5 Å². The molecule has 0 saturated heterocycles. The van der Waals surface area contributed by atoms with Gasteiger partial charge in [0, 0.05) is 18.0 Å². The third-order valence-electron chi connectivity index (χ3n) is 4.36. The highest BCUT2D eigenvalue weighted by Crippen LogP contribution is 2.30. The Morgan fingerprint density at radius 1 is 1.08 bits per heavy atom. The van der Waals surface area contributed by atoms with E-state index in [0.29, 0.717) is 11.4 Å². The number of carboxylic acids is 1. The number of benzene rings is 1. The minimum atomic E-state index is -1.43. The first-order chi connectivity index (χ1) is 11.9.